The molecule has 2 aromatic rings. The van der Waals surface area contributed by atoms with Crippen molar-refractivity contribution in [3.05, 3.63) is 47.8 Å². The molecule has 0 saturated heterocycles. The first-order valence-corrected chi connectivity index (χ1v) is 6.57. The minimum absolute atomic E-state index is 0.410. The molecule has 1 aromatic heterocycles. The fraction of sp³-hybridized carbons (Fsp3) is 0.312. The van der Waals surface area contributed by atoms with Gasteiger partial charge in [0.25, 0.3) is 0 Å². The molecule has 0 fully saturated rings. The maximum atomic E-state index is 10.4. The van der Waals surface area contributed by atoms with Crippen LogP contribution in [0.15, 0.2) is 36.5 Å². The van der Waals surface area contributed by atoms with Crippen LogP contribution in [0.3, 0.4) is 0 Å². The van der Waals surface area contributed by atoms with Gasteiger partial charge in [0.15, 0.2) is 11.5 Å². The van der Waals surface area contributed by atoms with E-state index in [1.54, 1.807) is 39.7 Å². The zero-order valence-electron chi connectivity index (χ0n) is 12.4. The van der Waals surface area contributed by atoms with Gasteiger partial charge < -0.3 is 19.3 Å². The number of rotatable bonds is 6. The molecule has 0 spiro atoms. The molecule has 0 saturated carbocycles. The molecular weight excluding hydrogens is 270 g/mol. The Balaban J connectivity index is 2.21. The molecule has 5 nitrogen and oxygen atoms in total. The van der Waals surface area contributed by atoms with Crippen molar-refractivity contribution in [3.63, 3.8) is 0 Å². The minimum Gasteiger partial charge on any atom is -0.495 e. The van der Waals surface area contributed by atoms with Crippen LogP contribution in [0.2, 0.25) is 0 Å². The highest BCUT2D eigenvalue weighted by Crippen LogP contribution is 2.30. The van der Waals surface area contributed by atoms with Gasteiger partial charge in [-0.2, -0.15) is 0 Å². The van der Waals surface area contributed by atoms with E-state index in [2.05, 4.69) is 4.98 Å². The minimum atomic E-state index is -0.751. The van der Waals surface area contributed by atoms with Crippen molar-refractivity contribution >= 4 is 0 Å². The maximum Gasteiger partial charge on any atom is 0.160 e. The van der Waals surface area contributed by atoms with E-state index in [-0.39, 0.29) is 0 Å². The molecule has 0 aliphatic rings. The lowest BCUT2D eigenvalue weighted by Crippen LogP contribution is -2.06. The SMILES string of the molecule is COc1ccc(CC(O)c2ncccc2OC)cc1OC. The van der Waals surface area contributed by atoms with Crippen LogP contribution < -0.4 is 14.2 Å². The van der Waals surface area contributed by atoms with Crippen molar-refractivity contribution in [3.8, 4) is 17.2 Å². The highest BCUT2D eigenvalue weighted by Gasteiger charge is 2.16. The quantitative estimate of drug-likeness (QED) is 0.884. The molecule has 1 heterocycles. The van der Waals surface area contributed by atoms with Crippen LogP contribution in [-0.4, -0.2) is 31.4 Å². The van der Waals surface area contributed by atoms with Crippen molar-refractivity contribution in [2.45, 2.75) is 12.5 Å². The Morgan fingerprint density at radius 3 is 2.38 bits per heavy atom. The van der Waals surface area contributed by atoms with Gasteiger partial charge in [0.2, 0.25) is 0 Å². The van der Waals surface area contributed by atoms with E-state index in [4.69, 9.17) is 14.2 Å². The fourth-order valence-electron chi connectivity index (χ4n) is 2.15. The largest absolute Gasteiger partial charge is 0.495 e. The first-order chi connectivity index (χ1) is 10.2. The molecule has 0 bridgehead atoms. The van der Waals surface area contributed by atoms with Gasteiger partial charge in [-0.1, -0.05) is 6.07 Å². The predicted octanol–water partition coefficient (Wildman–Crippen LogP) is 2.38. The number of pyridine rings is 1. The Labute approximate surface area is 124 Å². The van der Waals surface area contributed by atoms with E-state index in [0.29, 0.717) is 29.4 Å². The summed E-state index contributed by atoms with van der Waals surface area (Å²) in [6, 6.07) is 9.10. The van der Waals surface area contributed by atoms with Gasteiger partial charge in [-0.05, 0) is 29.8 Å². The van der Waals surface area contributed by atoms with Crippen LogP contribution >= 0.6 is 0 Å². The summed E-state index contributed by atoms with van der Waals surface area (Å²) < 4.78 is 15.7. The van der Waals surface area contributed by atoms with Crippen molar-refractivity contribution in [1.29, 1.82) is 0 Å². The second-order valence-electron chi connectivity index (χ2n) is 4.50. The highest BCUT2D eigenvalue weighted by molar-refractivity contribution is 5.43. The number of nitrogens with zero attached hydrogens (tertiary/aromatic N) is 1. The number of benzene rings is 1. The molecule has 0 amide bonds. The molecule has 2 rings (SSSR count). The highest BCUT2D eigenvalue weighted by atomic mass is 16.5. The first-order valence-electron chi connectivity index (χ1n) is 6.57. The molecule has 112 valence electrons. The van der Waals surface area contributed by atoms with E-state index in [1.165, 1.54) is 0 Å². The monoisotopic (exact) mass is 289 g/mol. The number of aliphatic hydroxyl groups is 1. The van der Waals surface area contributed by atoms with Crippen molar-refractivity contribution in [2.75, 3.05) is 21.3 Å². The zero-order valence-corrected chi connectivity index (χ0v) is 12.4. The van der Waals surface area contributed by atoms with Crippen molar-refractivity contribution in [2.24, 2.45) is 0 Å². The summed E-state index contributed by atoms with van der Waals surface area (Å²) in [6.45, 7) is 0. The summed E-state index contributed by atoms with van der Waals surface area (Å²) in [4.78, 5) is 4.19. The van der Waals surface area contributed by atoms with Gasteiger partial charge in [-0.3, -0.25) is 4.98 Å². The Hall–Kier alpha value is -2.27. The molecule has 1 atom stereocenters. The van der Waals surface area contributed by atoms with Crippen LogP contribution in [0.25, 0.3) is 0 Å². The van der Waals surface area contributed by atoms with E-state index in [9.17, 15) is 5.11 Å². The molecule has 5 heteroatoms. The number of hydrogen-bond acceptors (Lipinski definition) is 5. The van der Waals surface area contributed by atoms with E-state index in [1.807, 2.05) is 18.2 Å². The fourth-order valence-corrected chi connectivity index (χ4v) is 2.15. The summed E-state index contributed by atoms with van der Waals surface area (Å²) in [6.07, 6.45) is 1.29. The number of methoxy groups -OCH3 is 3. The third kappa shape index (κ3) is 3.44. The Kier molecular flexibility index (Phi) is 5.00. The van der Waals surface area contributed by atoms with Crippen molar-refractivity contribution < 1.29 is 19.3 Å². The Morgan fingerprint density at radius 2 is 1.71 bits per heavy atom. The average Bonchev–Trinajstić information content (AvgIpc) is 2.54. The van der Waals surface area contributed by atoms with Crippen molar-refractivity contribution in [1.82, 2.24) is 4.98 Å². The van der Waals surface area contributed by atoms with Gasteiger partial charge in [-0.15, -0.1) is 0 Å². The van der Waals surface area contributed by atoms with Crippen LogP contribution in [0.5, 0.6) is 17.2 Å². The third-order valence-corrected chi connectivity index (χ3v) is 3.21. The number of aliphatic hydroxyl groups excluding tert-OH is 1. The second-order valence-corrected chi connectivity index (χ2v) is 4.50. The van der Waals surface area contributed by atoms with Gasteiger partial charge in [0, 0.05) is 12.6 Å². The Bertz CT molecular complexity index is 601. The molecule has 0 radical (unpaired) electrons. The zero-order chi connectivity index (χ0) is 15.2. The normalized spacial score (nSPS) is 11.8. The molecule has 1 N–H and O–H groups in total. The van der Waals surface area contributed by atoms with Crippen LogP contribution in [0.4, 0.5) is 0 Å². The van der Waals surface area contributed by atoms with Crippen LogP contribution in [0, 0.1) is 0 Å². The lowest BCUT2D eigenvalue weighted by molar-refractivity contribution is 0.168. The van der Waals surface area contributed by atoms with Gasteiger partial charge >= 0.3 is 0 Å². The van der Waals surface area contributed by atoms with E-state index in [0.717, 1.165) is 5.56 Å². The van der Waals surface area contributed by atoms with E-state index < -0.39 is 6.10 Å². The lowest BCUT2D eigenvalue weighted by Gasteiger charge is -2.15. The summed E-state index contributed by atoms with van der Waals surface area (Å²) in [5.41, 5.74) is 1.45. The van der Waals surface area contributed by atoms with Gasteiger partial charge in [0.05, 0.1) is 21.3 Å². The summed E-state index contributed by atoms with van der Waals surface area (Å²) in [7, 11) is 4.73. The topological polar surface area (TPSA) is 60.8 Å². The maximum absolute atomic E-state index is 10.4. The predicted molar refractivity (Wildman–Crippen MR) is 79.0 cm³/mol. The van der Waals surface area contributed by atoms with E-state index >= 15 is 0 Å². The molecular formula is C16H19NO4. The number of hydrogen-bond donors (Lipinski definition) is 1. The summed E-state index contributed by atoms with van der Waals surface area (Å²) in [5.74, 6) is 1.87. The van der Waals surface area contributed by atoms with Crippen LogP contribution in [0.1, 0.15) is 17.4 Å². The van der Waals surface area contributed by atoms with Gasteiger partial charge in [0.1, 0.15) is 17.5 Å². The molecule has 0 aliphatic heterocycles. The molecule has 1 aromatic carbocycles. The number of ether oxygens (including phenoxy) is 3. The third-order valence-electron chi connectivity index (χ3n) is 3.21. The molecule has 0 aliphatic carbocycles. The summed E-state index contributed by atoms with van der Waals surface area (Å²) in [5, 5.41) is 10.4. The molecule has 21 heavy (non-hydrogen) atoms. The summed E-state index contributed by atoms with van der Waals surface area (Å²) >= 11 is 0. The van der Waals surface area contributed by atoms with Crippen LogP contribution in [-0.2, 0) is 6.42 Å². The second kappa shape index (κ2) is 6.95. The Morgan fingerprint density at radius 1 is 1.00 bits per heavy atom. The molecule has 1 unspecified atom stereocenters. The lowest BCUT2D eigenvalue weighted by atomic mass is 10.0. The number of aromatic nitrogens is 1. The van der Waals surface area contributed by atoms with Gasteiger partial charge in [-0.25, -0.2) is 0 Å². The smallest absolute Gasteiger partial charge is 0.160 e. The standard InChI is InChI=1S/C16H19NO4/c1-19-13-7-6-11(10-15(13)21-3)9-12(18)16-14(20-2)5-4-8-17-16/h4-8,10,12,18H,9H2,1-3H3. The first kappa shape index (κ1) is 15.1. The average molecular weight is 289 g/mol.